The van der Waals surface area contributed by atoms with Crippen LogP contribution in [0.5, 0.6) is 0 Å². The molecule has 1 unspecified atom stereocenters. The van der Waals surface area contributed by atoms with Crippen LogP contribution in [0.15, 0.2) is 28.7 Å². The normalized spacial score (nSPS) is 19.4. The fraction of sp³-hybridized carbons (Fsp3) is 0.571. The number of likely N-dealkylation sites (N-methyl/N-ethyl adjacent to an activating group) is 1. The summed E-state index contributed by atoms with van der Waals surface area (Å²) in [5, 5.41) is 3.42. The van der Waals surface area contributed by atoms with E-state index in [0.717, 1.165) is 30.7 Å². The number of halogens is 1. The van der Waals surface area contributed by atoms with E-state index >= 15 is 0 Å². The van der Waals surface area contributed by atoms with E-state index < -0.39 is 0 Å². The fourth-order valence-corrected chi connectivity index (χ4v) is 2.45. The molecule has 100 valence electrons. The molecule has 1 N–H and O–H groups in total. The number of nitrogens with one attached hydrogen (secondary N) is 1. The number of rotatable bonds is 6. The Balaban J connectivity index is 1.63. The van der Waals surface area contributed by atoms with Crippen LogP contribution in [-0.4, -0.2) is 44.3 Å². The fourth-order valence-electron chi connectivity index (χ4n) is 2.19. The highest BCUT2D eigenvalue weighted by atomic mass is 79.9. The summed E-state index contributed by atoms with van der Waals surface area (Å²) in [6, 6.07) is 8.28. The number of anilines is 1. The highest BCUT2D eigenvalue weighted by Gasteiger charge is 2.16. The van der Waals surface area contributed by atoms with E-state index in [1.165, 1.54) is 18.5 Å². The second kappa shape index (κ2) is 7.12. The van der Waals surface area contributed by atoms with Crippen LogP contribution in [0.2, 0.25) is 0 Å². The van der Waals surface area contributed by atoms with Gasteiger partial charge in [-0.25, -0.2) is 0 Å². The van der Waals surface area contributed by atoms with Gasteiger partial charge in [0, 0.05) is 36.4 Å². The zero-order chi connectivity index (χ0) is 12.8. The van der Waals surface area contributed by atoms with Crippen LogP contribution in [0.3, 0.4) is 0 Å². The standard InChI is InChI=1S/C14H21BrN2O/c1-17(11-14-3-2-10-18-14)9-8-16-13-6-4-12(15)5-7-13/h4-7,14,16H,2-3,8-11H2,1H3. The minimum Gasteiger partial charge on any atom is -0.384 e. The molecule has 0 radical (unpaired) electrons. The van der Waals surface area contributed by atoms with Crippen LogP contribution in [0.25, 0.3) is 0 Å². The van der Waals surface area contributed by atoms with Crippen molar-refractivity contribution in [3.8, 4) is 0 Å². The van der Waals surface area contributed by atoms with Gasteiger partial charge in [0.05, 0.1) is 6.10 Å². The summed E-state index contributed by atoms with van der Waals surface area (Å²) < 4.78 is 6.75. The van der Waals surface area contributed by atoms with Crippen LogP contribution >= 0.6 is 15.9 Å². The lowest BCUT2D eigenvalue weighted by Crippen LogP contribution is -2.32. The van der Waals surface area contributed by atoms with Crippen molar-refractivity contribution in [2.45, 2.75) is 18.9 Å². The maximum absolute atomic E-state index is 5.63. The van der Waals surface area contributed by atoms with Crippen molar-refractivity contribution in [3.63, 3.8) is 0 Å². The number of nitrogens with zero attached hydrogens (tertiary/aromatic N) is 1. The van der Waals surface area contributed by atoms with Gasteiger partial charge in [0.25, 0.3) is 0 Å². The summed E-state index contributed by atoms with van der Waals surface area (Å²) in [7, 11) is 2.16. The zero-order valence-corrected chi connectivity index (χ0v) is 12.4. The van der Waals surface area contributed by atoms with Gasteiger partial charge < -0.3 is 15.0 Å². The molecule has 0 amide bonds. The summed E-state index contributed by atoms with van der Waals surface area (Å²) in [4.78, 5) is 2.34. The number of benzene rings is 1. The van der Waals surface area contributed by atoms with Gasteiger partial charge in [-0.15, -0.1) is 0 Å². The number of hydrogen-bond donors (Lipinski definition) is 1. The van der Waals surface area contributed by atoms with Crippen molar-refractivity contribution in [1.82, 2.24) is 4.90 Å². The quantitative estimate of drug-likeness (QED) is 0.874. The van der Waals surface area contributed by atoms with E-state index in [1.54, 1.807) is 0 Å². The maximum atomic E-state index is 5.63. The Labute approximate surface area is 118 Å². The Bertz CT molecular complexity index is 349. The summed E-state index contributed by atoms with van der Waals surface area (Å²) in [6.07, 6.45) is 2.88. The van der Waals surface area contributed by atoms with Crippen molar-refractivity contribution < 1.29 is 4.74 Å². The molecule has 1 atom stereocenters. The summed E-state index contributed by atoms with van der Waals surface area (Å²) in [5.41, 5.74) is 1.17. The minimum atomic E-state index is 0.447. The SMILES string of the molecule is CN(CCNc1ccc(Br)cc1)CC1CCCO1. The first-order valence-electron chi connectivity index (χ1n) is 6.53. The third-order valence-electron chi connectivity index (χ3n) is 3.21. The molecular weight excluding hydrogens is 292 g/mol. The predicted octanol–water partition coefficient (Wildman–Crippen LogP) is 2.97. The van der Waals surface area contributed by atoms with Crippen molar-refractivity contribution in [2.75, 3.05) is 38.6 Å². The van der Waals surface area contributed by atoms with Gasteiger partial charge in [0.1, 0.15) is 0 Å². The third kappa shape index (κ3) is 4.59. The van der Waals surface area contributed by atoms with Crippen molar-refractivity contribution in [2.24, 2.45) is 0 Å². The van der Waals surface area contributed by atoms with Gasteiger partial charge in [-0.2, -0.15) is 0 Å². The molecule has 1 saturated heterocycles. The number of ether oxygens (including phenoxy) is 1. The van der Waals surface area contributed by atoms with Gasteiger partial charge in [0.2, 0.25) is 0 Å². The Morgan fingerprint density at radius 3 is 2.83 bits per heavy atom. The second-order valence-electron chi connectivity index (χ2n) is 4.83. The maximum Gasteiger partial charge on any atom is 0.0702 e. The van der Waals surface area contributed by atoms with E-state index in [0.29, 0.717) is 6.10 Å². The molecule has 4 heteroatoms. The molecule has 3 nitrogen and oxygen atoms in total. The van der Waals surface area contributed by atoms with E-state index in [4.69, 9.17) is 4.74 Å². The Kier molecular flexibility index (Phi) is 5.47. The van der Waals surface area contributed by atoms with Gasteiger partial charge in [-0.3, -0.25) is 0 Å². The lowest BCUT2D eigenvalue weighted by molar-refractivity contribution is 0.0823. The highest BCUT2D eigenvalue weighted by Crippen LogP contribution is 2.14. The minimum absolute atomic E-state index is 0.447. The Hall–Kier alpha value is -0.580. The summed E-state index contributed by atoms with van der Waals surface area (Å²) in [6.45, 7) is 3.98. The van der Waals surface area contributed by atoms with Gasteiger partial charge >= 0.3 is 0 Å². The molecule has 1 aliphatic rings. The zero-order valence-electron chi connectivity index (χ0n) is 10.9. The van der Waals surface area contributed by atoms with Crippen molar-refractivity contribution in [3.05, 3.63) is 28.7 Å². The Morgan fingerprint density at radius 2 is 2.17 bits per heavy atom. The molecule has 0 aliphatic carbocycles. The predicted molar refractivity (Wildman–Crippen MR) is 79.1 cm³/mol. The molecule has 18 heavy (non-hydrogen) atoms. The largest absolute Gasteiger partial charge is 0.384 e. The smallest absolute Gasteiger partial charge is 0.0702 e. The summed E-state index contributed by atoms with van der Waals surface area (Å²) in [5.74, 6) is 0. The molecule has 1 aromatic carbocycles. The topological polar surface area (TPSA) is 24.5 Å². The van der Waals surface area contributed by atoms with Crippen LogP contribution in [-0.2, 0) is 4.74 Å². The molecule has 1 heterocycles. The molecule has 2 rings (SSSR count). The van der Waals surface area contributed by atoms with Crippen molar-refractivity contribution >= 4 is 21.6 Å². The molecule has 1 aliphatic heterocycles. The van der Waals surface area contributed by atoms with Crippen LogP contribution < -0.4 is 5.32 Å². The molecule has 0 saturated carbocycles. The van der Waals surface area contributed by atoms with Crippen molar-refractivity contribution in [1.29, 1.82) is 0 Å². The highest BCUT2D eigenvalue weighted by molar-refractivity contribution is 9.10. The van der Waals surface area contributed by atoms with E-state index in [-0.39, 0.29) is 0 Å². The molecule has 0 spiro atoms. The lowest BCUT2D eigenvalue weighted by Gasteiger charge is -2.20. The molecule has 1 aromatic rings. The number of hydrogen-bond acceptors (Lipinski definition) is 3. The summed E-state index contributed by atoms with van der Waals surface area (Å²) >= 11 is 3.44. The molecule has 0 aromatic heterocycles. The first-order valence-corrected chi connectivity index (χ1v) is 7.33. The average Bonchev–Trinajstić information content (AvgIpc) is 2.84. The first-order chi connectivity index (χ1) is 8.74. The van der Waals surface area contributed by atoms with Gasteiger partial charge in [0.15, 0.2) is 0 Å². The first kappa shape index (κ1) is 13.8. The van der Waals surface area contributed by atoms with E-state index in [9.17, 15) is 0 Å². The van der Waals surface area contributed by atoms with Gasteiger partial charge in [-0.1, -0.05) is 15.9 Å². The lowest BCUT2D eigenvalue weighted by atomic mass is 10.2. The third-order valence-corrected chi connectivity index (χ3v) is 3.73. The molecule has 1 fully saturated rings. The second-order valence-corrected chi connectivity index (χ2v) is 5.75. The van der Waals surface area contributed by atoms with Crippen LogP contribution in [0.4, 0.5) is 5.69 Å². The molecular formula is C14H21BrN2O. The monoisotopic (exact) mass is 312 g/mol. The van der Waals surface area contributed by atoms with E-state index in [2.05, 4.69) is 57.5 Å². The average molecular weight is 313 g/mol. The Morgan fingerprint density at radius 1 is 1.39 bits per heavy atom. The molecule has 0 bridgehead atoms. The van der Waals surface area contributed by atoms with Gasteiger partial charge in [-0.05, 0) is 44.2 Å². The van der Waals surface area contributed by atoms with E-state index in [1.807, 2.05) is 0 Å². The van der Waals surface area contributed by atoms with Crippen LogP contribution in [0, 0.1) is 0 Å². The van der Waals surface area contributed by atoms with Crippen LogP contribution in [0.1, 0.15) is 12.8 Å².